The number of esters is 1. The second-order valence-corrected chi connectivity index (χ2v) is 6.68. The fourth-order valence-corrected chi connectivity index (χ4v) is 2.68. The fourth-order valence-electron chi connectivity index (χ4n) is 2.68. The van der Waals surface area contributed by atoms with E-state index in [0.29, 0.717) is 13.0 Å². The highest BCUT2D eigenvalue weighted by molar-refractivity contribution is 5.86. The second-order valence-electron chi connectivity index (χ2n) is 6.68. The summed E-state index contributed by atoms with van der Waals surface area (Å²) in [6, 6.07) is 8.02. The zero-order valence-corrected chi connectivity index (χ0v) is 15.8. The lowest BCUT2D eigenvalue weighted by Gasteiger charge is -2.25. The smallest absolute Gasteiger partial charge is 0.408 e. The van der Waals surface area contributed by atoms with E-state index in [0.717, 1.165) is 5.56 Å². The SMILES string of the molecule is CC(=O)OC1OCC[C@@H]1NC(=O)[C@@H](NC(=O)OCc1ccccc1)C(C)C. The zero-order chi connectivity index (χ0) is 19.8. The van der Waals surface area contributed by atoms with Crippen molar-refractivity contribution >= 4 is 18.0 Å². The maximum Gasteiger partial charge on any atom is 0.408 e. The molecule has 1 fully saturated rings. The number of carbonyl (C=O) groups is 3. The molecule has 0 bridgehead atoms. The van der Waals surface area contributed by atoms with Crippen LogP contribution in [0.25, 0.3) is 0 Å². The van der Waals surface area contributed by atoms with Gasteiger partial charge in [0.25, 0.3) is 0 Å². The molecule has 1 aliphatic heterocycles. The van der Waals surface area contributed by atoms with Gasteiger partial charge in [-0.15, -0.1) is 0 Å². The Hall–Kier alpha value is -2.61. The molecule has 0 spiro atoms. The largest absolute Gasteiger partial charge is 0.445 e. The Labute approximate surface area is 158 Å². The third-order valence-electron chi connectivity index (χ3n) is 4.08. The molecule has 0 radical (unpaired) electrons. The van der Waals surface area contributed by atoms with Gasteiger partial charge in [-0.2, -0.15) is 0 Å². The maximum absolute atomic E-state index is 12.6. The molecule has 148 valence electrons. The number of carbonyl (C=O) groups excluding carboxylic acids is 3. The van der Waals surface area contributed by atoms with E-state index < -0.39 is 30.4 Å². The lowest BCUT2D eigenvalue weighted by atomic mass is 10.0. The van der Waals surface area contributed by atoms with Gasteiger partial charge in [0.15, 0.2) is 0 Å². The van der Waals surface area contributed by atoms with Gasteiger partial charge in [-0.25, -0.2) is 4.79 Å². The summed E-state index contributed by atoms with van der Waals surface area (Å²) in [6.07, 6.45) is -0.969. The van der Waals surface area contributed by atoms with Crippen LogP contribution in [0.15, 0.2) is 30.3 Å². The quantitative estimate of drug-likeness (QED) is 0.701. The van der Waals surface area contributed by atoms with Crippen LogP contribution in [0, 0.1) is 5.92 Å². The van der Waals surface area contributed by atoms with Crippen molar-refractivity contribution in [1.29, 1.82) is 0 Å². The standard InChI is InChI=1S/C19H26N2O6/c1-12(2)16(21-19(24)26-11-14-7-5-4-6-8-14)17(23)20-15-9-10-25-18(15)27-13(3)22/h4-8,12,15-16,18H,9-11H2,1-3H3,(H,20,23)(H,21,24)/t15-,16-,18?/m0/s1. The third-order valence-corrected chi connectivity index (χ3v) is 4.08. The second kappa shape index (κ2) is 9.91. The van der Waals surface area contributed by atoms with Gasteiger partial charge in [0.05, 0.1) is 12.6 Å². The van der Waals surface area contributed by atoms with Crippen molar-refractivity contribution in [2.75, 3.05) is 6.61 Å². The molecule has 1 unspecified atom stereocenters. The van der Waals surface area contributed by atoms with Gasteiger partial charge < -0.3 is 24.8 Å². The highest BCUT2D eigenvalue weighted by atomic mass is 16.7. The minimum Gasteiger partial charge on any atom is -0.445 e. The average Bonchev–Trinajstić information content (AvgIpc) is 3.04. The van der Waals surface area contributed by atoms with E-state index in [1.54, 1.807) is 0 Å². The van der Waals surface area contributed by atoms with Crippen LogP contribution in [0.1, 0.15) is 32.8 Å². The Bertz CT molecular complexity index is 649. The summed E-state index contributed by atoms with van der Waals surface area (Å²) < 4.78 is 15.5. The van der Waals surface area contributed by atoms with E-state index >= 15 is 0 Å². The molecular weight excluding hydrogens is 352 g/mol. The van der Waals surface area contributed by atoms with Crippen LogP contribution < -0.4 is 10.6 Å². The van der Waals surface area contributed by atoms with Crippen LogP contribution in [0.5, 0.6) is 0 Å². The number of amides is 2. The first-order chi connectivity index (χ1) is 12.9. The molecule has 1 aliphatic rings. The van der Waals surface area contributed by atoms with Crippen molar-refractivity contribution in [2.24, 2.45) is 5.92 Å². The summed E-state index contributed by atoms with van der Waals surface area (Å²) in [5.74, 6) is -1.03. The normalized spacial score (nSPS) is 20.0. The fraction of sp³-hybridized carbons (Fsp3) is 0.526. The highest BCUT2D eigenvalue weighted by Crippen LogP contribution is 2.16. The van der Waals surface area contributed by atoms with Crippen LogP contribution in [0.3, 0.4) is 0 Å². The topological polar surface area (TPSA) is 103 Å². The summed E-state index contributed by atoms with van der Waals surface area (Å²) in [5.41, 5.74) is 0.852. The number of rotatable bonds is 7. The molecule has 1 saturated heterocycles. The molecule has 2 amide bonds. The maximum atomic E-state index is 12.6. The van der Waals surface area contributed by atoms with E-state index in [1.807, 2.05) is 44.2 Å². The molecule has 27 heavy (non-hydrogen) atoms. The molecule has 8 nitrogen and oxygen atoms in total. The first-order valence-electron chi connectivity index (χ1n) is 8.93. The number of benzene rings is 1. The van der Waals surface area contributed by atoms with Gasteiger partial charge in [0.1, 0.15) is 12.6 Å². The van der Waals surface area contributed by atoms with Crippen molar-refractivity contribution in [3.05, 3.63) is 35.9 Å². The summed E-state index contributed by atoms with van der Waals surface area (Å²) in [4.78, 5) is 35.8. The van der Waals surface area contributed by atoms with Crippen LogP contribution >= 0.6 is 0 Å². The number of nitrogens with one attached hydrogen (secondary N) is 2. The average molecular weight is 378 g/mol. The number of hydrogen-bond acceptors (Lipinski definition) is 6. The Morgan fingerprint density at radius 3 is 2.56 bits per heavy atom. The van der Waals surface area contributed by atoms with Gasteiger partial charge in [-0.05, 0) is 17.9 Å². The van der Waals surface area contributed by atoms with Gasteiger partial charge >= 0.3 is 12.1 Å². The first-order valence-corrected chi connectivity index (χ1v) is 8.93. The zero-order valence-electron chi connectivity index (χ0n) is 15.8. The van der Waals surface area contributed by atoms with Gasteiger partial charge in [-0.3, -0.25) is 9.59 Å². The molecule has 1 aromatic carbocycles. The van der Waals surface area contributed by atoms with Crippen LogP contribution in [0.2, 0.25) is 0 Å². The van der Waals surface area contributed by atoms with Gasteiger partial charge in [0.2, 0.25) is 12.2 Å². The molecule has 0 aliphatic carbocycles. The van der Waals surface area contributed by atoms with Crippen molar-refractivity contribution in [2.45, 2.75) is 52.2 Å². The van der Waals surface area contributed by atoms with Gasteiger partial charge in [0, 0.05) is 6.92 Å². The molecule has 0 saturated carbocycles. The molecule has 2 N–H and O–H groups in total. The van der Waals surface area contributed by atoms with Crippen molar-refractivity contribution in [3.8, 4) is 0 Å². The number of hydrogen-bond donors (Lipinski definition) is 2. The van der Waals surface area contributed by atoms with E-state index in [4.69, 9.17) is 14.2 Å². The molecular formula is C19H26N2O6. The van der Waals surface area contributed by atoms with Crippen LogP contribution in [0.4, 0.5) is 4.79 Å². The Morgan fingerprint density at radius 2 is 1.93 bits per heavy atom. The summed E-state index contributed by atoms with van der Waals surface area (Å²) in [5, 5.41) is 5.38. The lowest BCUT2D eigenvalue weighted by Crippen LogP contribution is -2.54. The lowest BCUT2D eigenvalue weighted by molar-refractivity contribution is -0.171. The highest BCUT2D eigenvalue weighted by Gasteiger charge is 2.35. The summed E-state index contributed by atoms with van der Waals surface area (Å²) >= 11 is 0. The minimum absolute atomic E-state index is 0.115. The van der Waals surface area contributed by atoms with E-state index in [-0.39, 0.29) is 18.4 Å². The Kier molecular flexibility index (Phi) is 7.60. The molecule has 2 rings (SSSR count). The van der Waals surface area contributed by atoms with Crippen molar-refractivity contribution in [1.82, 2.24) is 10.6 Å². The van der Waals surface area contributed by atoms with Crippen molar-refractivity contribution in [3.63, 3.8) is 0 Å². The number of alkyl carbamates (subject to hydrolysis) is 1. The summed E-state index contributed by atoms with van der Waals surface area (Å²) in [6.45, 7) is 5.40. The van der Waals surface area contributed by atoms with E-state index in [2.05, 4.69) is 10.6 Å². The van der Waals surface area contributed by atoms with E-state index in [9.17, 15) is 14.4 Å². The molecule has 8 heteroatoms. The summed E-state index contributed by atoms with van der Waals surface area (Å²) in [7, 11) is 0. The minimum atomic E-state index is -0.815. The first kappa shape index (κ1) is 20.7. The molecule has 3 atom stereocenters. The monoisotopic (exact) mass is 378 g/mol. The van der Waals surface area contributed by atoms with Crippen LogP contribution in [-0.2, 0) is 30.4 Å². The molecule has 1 heterocycles. The predicted octanol–water partition coefficient (Wildman–Crippen LogP) is 1.73. The Morgan fingerprint density at radius 1 is 1.22 bits per heavy atom. The predicted molar refractivity (Wildman–Crippen MR) is 96.4 cm³/mol. The number of ether oxygens (including phenoxy) is 3. The van der Waals surface area contributed by atoms with Crippen molar-refractivity contribution < 1.29 is 28.6 Å². The molecule has 1 aromatic rings. The Balaban J connectivity index is 1.88. The van der Waals surface area contributed by atoms with Gasteiger partial charge in [-0.1, -0.05) is 44.2 Å². The third kappa shape index (κ3) is 6.56. The van der Waals surface area contributed by atoms with E-state index in [1.165, 1.54) is 6.92 Å². The molecule has 0 aromatic heterocycles. The van der Waals surface area contributed by atoms with Crippen LogP contribution in [-0.4, -0.2) is 43.0 Å².